The number of nitrogens with one attached hydrogen (secondary N) is 1. The van der Waals surface area contributed by atoms with Crippen molar-refractivity contribution in [2.24, 2.45) is 0 Å². The Labute approximate surface area is 240 Å². The molecular formula is C29H30ClF3N4O4. The van der Waals surface area contributed by atoms with Crippen molar-refractivity contribution in [3.8, 4) is 0 Å². The number of hydrogen-bond acceptors (Lipinski definition) is 6. The number of amides is 1. The first kappa shape index (κ1) is 28.9. The minimum absolute atomic E-state index is 0.00318. The maximum atomic E-state index is 13.3. The van der Waals surface area contributed by atoms with E-state index in [0.717, 1.165) is 41.7 Å². The summed E-state index contributed by atoms with van der Waals surface area (Å²) in [7, 11) is 0. The summed E-state index contributed by atoms with van der Waals surface area (Å²) in [6.45, 7) is 2.65. The van der Waals surface area contributed by atoms with Gasteiger partial charge >= 0.3 is 6.18 Å². The number of halogens is 4. The Balaban J connectivity index is 1.05. The highest BCUT2D eigenvalue weighted by molar-refractivity contribution is 6.31. The number of carbonyl (C=O) groups is 1. The molecule has 5 rings (SSSR count). The topological polar surface area (TPSA) is 87.9 Å². The van der Waals surface area contributed by atoms with E-state index in [1.54, 1.807) is 0 Å². The van der Waals surface area contributed by atoms with Gasteiger partial charge in [-0.1, -0.05) is 23.7 Å². The van der Waals surface area contributed by atoms with Gasteiger partial charge in [0.15, 0.2) is 0 Å². The lowest BCUT2D eigenvalue weighted by atomic mass is 9.92. The van der Waals surface area contributed by atoms with Crippen molar-refractivity contribution in [2.75, 3.05) is 43.0 Å². The van der Waals surface area contributed by atoms with Gasteiger partial charge in [0.05, 0.1) is 11.0 Å². The van der Waals surface area contributed by atoms with Gasteiger partial charge in [0.25, 0.3) is 5.69 Å². The van der Waals surface area contributed by atoms with Gasteiger partial charge in [0.2, 0.25) is 5.91 Å². The van der Waals surface area contributed by atoms with E-state index in [-0.39, 0.29) is 30.3 Å². The molecule has 1 heterocycles. The smallest absolute Gasteiger partial charge is 0.382 e. The second kappa shape index (κ2) is 12.1. The number of nitro benzene ring substituents is 1. The number of nitrogens with zero attached hydrogens (tertiary/aromatic N) is 3. The van der Waals surface area contributed by atoms with Crippen molar-refractivity contribution >= 4 is 45.3 Å². The number of carbonyl (C=O) groups excluding carboxylic acids is 1. The standard InChI is InChI=1S/C29H30ClF3N4O4/c30-21-3-1-20-16-24(7-2-19(20)15-21)35-11-13-36(14-12-35)28(38)18-41-25-8-4-22(5-9-25)34-23-6-10-27(37(39)40)26(17-23)29(31,32)33/h1-3,6-7,10,15-17,22,25,34H,4-5,8-9,11-14,18H2/t22-,25-. The number of fused-ring (bicyclic) bond motifs is 1. The van der Waals surface area contributed by atoms with Crippen LogP contribution in [-0.4, -0.2) is 60.7 Å². The number of piperazine rings is 1. The van der Waals surface area contributed by atoms with Crippen LogP contribution in [0.2, 0.25) is 5.02 Å². The van der Waals surface area contributed by atoms with E-state index in [9.17, 15) is 28.1 Å². The van der Waals surface area contributed by atoms with Crippen molar-refractivity contribution in [1.82, 2.24) is 4.90 Å². The third-order valence-electron chi connectivity index (χ3n) is 7.77. The van der Waals surface area contributed by atoms with E-state index >= 15 is 0 Å². The molecule has 1 aliphatic carbocycles. The normalized spacial score (nSPS) is 19.8. The zero-order chi connectivity index (χ0) is 29.1. The Kier molecular flexibility index (Phi) is 8.55. The summed E-state index contributed by atoms with van der Waals surface area (Å²) < 4.78 is 45.7. The van der Waals surface area contributed by atoms with Crippen LogP contribution in [0.15, 0.2) is 54.6 Å². The maximum absolute atomic E-state index is 13.3. The van der Waals surface area contributed by atoms with Gasteiger partial charge in [-0.15, -0.1) is 0 Å². The highest BCUT2D eigenvalue weighted by atomic mass is 35.5. The van der Waals surface area contributed by atoms with Crippen molar-refractivity contribution in [1.29, 1.82) is 0 Å². The minimum Gasteiger partial charge on any atom is -0.382 e. The zero-order valence-corrected chi connectivity index (χ0v) is 23.0. The van der Waals surface area contributed by atoms with Gasteiger partial charge in [0, 0.05) is 54.7 Å². The number of benzene rings is 3. The van der Waals surface area contributed by atoms with Crippen LogP contribution in [0.25, 0.3) is 10.8 Å². The van der Waals surface area contributed by atoms with E-state index in [0.29, 0.717) is 43.8 Å². The summed E-state index contributed by atoms with van der Waals surface area (Å²) in [5.41, 5.74) is -0.941. The van der Waals surface area contributed by atoms with Crippen LogP contribution < -0.4 is 10.2 Å². The molecule has 0 bridgehead atoms. The average molecular weight is 591 g/mol. The SMILES string of the molecule is O=C(CO[C@H]1CC[C@H](Nc2ccc([N+](=O)[O-])c(C(F)(F)F)c2)CC1)N1CCN(c2ccc3cc(Cl)ccc3c2)CC1. The lowest BCUT2D eigenvalue weighted by Crippen LogP contribution is -2.50. The van der Waals surface area contributed by atoms with Crippen LogP contribution in [0.1, 0.15) is 31.2 Å². The number of anilines is 2. The van der Waals surface area contributed by atoms with E-state index < -0.39 is 22.4 Å². The fourth-order valence-electron chi connectivity index (χ4n) is 5.52. The van der Waals surface area contributed by atoms with Crippen molar-refractivity contribution < 1.29 is 27.6 Å². The predicted molar refractivity (Wildman–Crippen MR) is 151 cm³/mol. The molecule has 12 heteroatoms. The molecule has 41 heavy (non-hydrogen) atoms. The molecule has 0 unspecified atom stereocenters. The molecule has 2 fully saturated rings. The Morgan fingerprint density at radius 1 is 0.976 bits per heavy atom. The molecule has 0 aromatic heterocycles. The Bertz CT molecular complexity index is 1420. The molecule has 3 aromatic rings. The van der Waals surface area contributed by atoms with Gasteiger partial charge < -0.3 is 19.9 Å². The fourth-order valence-corrected chi connectivity index (χ4v) is 5.70. The van der Waals surface area contributed by atoms with Gasteiger partial charge in [0.1, 0.15) is 12.2 Å². The number of rotatable bonds is 7. The molecule has 0 spiro atoms. The third kappa shape index (κ3) is 7.02. The largest absolute Gasteiger partial charge is 0.423 e. The zero-order valence-electron chi connectivity index (χ0n) is 22.2. The first-order valence-electron chi connectivity index (χ1n) is 13.5. The molecule has 218 valence electrons. The lowest BCUT2D eigenvalue weighted by molar-refractivity contribution is -0.388. The summed E-state index contributed by atoms with van der Waals surface area (Å²) in [5, 5.41) is 16.9. The van der Waals surface area contributed by atoms with Crippen LogP contribution in [0.4, 0.5) is 30.2 Å². The van der Waals surface area contributed by atoms with Crippen LogP contribution in [0.5, 0.6) is 0 Å². The van der Waals surface area contributed by atoms with Crippen molar-refractivity contribution in [2.45, 2.75) is 44.0 Å². The Morgan fingerprint density at radius 3 is 2.34 bits per heavy atom. The van der Waals surface area contributed by atoms with Crippen LogP contribution >= 0.6 is 11.6 Å². The predicted octanol–water partition coefficient (Wildman–Crippen LogP) is 6.51. The van der Waals surface area contributed by atoms with Crippen LogP contribution in [-0.2, 0) is 15.7 Å². The molecule has 3 aromatic carbocycles. The van der Waals surface area contributed by atoms with Crippen LogP contribution in [0.3, 0.4) is 0 Å². The highest BCUT2D eigenvalue weighted by Gasteiger charge is 2.38. The number of ether oxygens (including phenoxy) is 1. The second-order valence-corrected chi connectivity index (χ2v) is 10.9. The summed E-state index contributed by atoms with van der Waals surface area (Å²) in [5.74, 6) is -0.0522. The molecule has 1 saturated heterocycles. The quantitative estimate of drug-likeness (QED) is 0.249. The average Bonchev–Trinajstić information content (AvgIpc) is 2.96. The summed E-state index contributed by atoms with van der Waals surface area (Å²) in [4.78, 5) is 26.8. The lowest BCUT2D eigenvalue weighted by Gasteiger charge is -2.36. The van der Waals surface area contributed by atoms with E-state index in [4.69, 9.17) is 16.3 Å². The molecule has 1 amide bonds. The Hall–Kier alpha value is -3.57. The molecular weight excluding hydrogens is 561 g/mol. The minimum atomic E-state index is -4.82. The maximum Gasteiger partial charge on any atom is 0.423 e. The summed E-state index contributed by atoms with van der Waals surface area (Å²) in [6, 6.07) is 14.9. The highest BCUT2D eigenvalue weighted by Crippen LogP contribution is 2.38. The number of hydrogen-bond donors (Lipinski definition) is 1. The van der Waals surface area contributed by atoms with Crippen LogP contribution in [0, 0.1) is 10.1 Å². The Morgan fingerprint density at radius 2 is 1.66 bits per heavy atom. The molecule has 0 atom stereocenters. The first-order chi connectivity index (χ1) is 19.6. The monoisotopic (exact) mass is 590 g/mol. The second-order valence-electron chi connectivity index (χ2n) is 10.5. The van der Waals surface area contributed by atoms with Crippen molar-refractivity contribution in [3.05, 3.63) is 75.3 Å². The fraction of sp³-hybridized carbons (Fsp3) is 0.414. The number of nitro groups is 1. The van der Waals surface area contributed by atoms with Gasteiger partial charge in [-0.2, -0.15) is 13.2 Å². The molecule has 1 N–H and O–H groups in total. The van der Waals surface area contributed by atoms with Gasteiger partial charge in [-0.3, -0.25) is 14.9 Å². The number of alkyl halides is 3. The van der Waals surface area contributed by atoms with Gasteiger partial charge in [-0.25, -0.2) is 0 Å². The van der Waals surface area contributed by atoms with Crippen molar-refractivity contribution in [3.63, 3.8) is 0 Å². The molecule has 1 aliphatic heterocycles. The molecule has 0 radical (unpaired) electrons. The molecule has 1 saturated carbocycles. The van der Waals surface area contributed by atoms with E-state index in [1.807, 2.05) is 23.1 Å². The molecule has 8 nitrogen and oxygen atoms in total. The first-order valence-corrected chi connectivity index (χ1v) is 13.9. The van der Waals surface area contributed by atoms with E-state index in [1.165, 1.54) is 6.07 Å². The summed E-state index contributed by atoms with van der Waals surface area (Å²) >= 11 is 6.08. The van der Waals surface area contributed by atoms with E-state index in [2.05, 4.69) is 28.4 Å². The van der Waals surface area contributed by atoms with Gasteiger partial charge in [-0.05, 0) is 72.9 Å². The summed E-state index contributed by atoms with van der Waals surface area (Å²) in [6.07, 6.45) is -2.32. The molecule has 2 aliphatic rings. The third-order valence-corrected chi connectivity index (χ3v) is 8.00.